The molecule has 21 heavy (non-hydrogen) atoms. The summed E-state index contributed by atoms with van der Waals surface area (Å²) in [5.74, 6) is 2.99. The van der Waals surface area contributed by atoms with Crippen molar-refractivity contribution in [3.63, 3.8) is 0 Å². The molecule has 0 amide bonds. The first-order valence-corrected chi connectivity index (χ1v) is 8.19. The highest BCUT2D eigenvalue weighted by molar-refractivity contribution is 7.99. The number of hydrogen-bond donors (Lipinski definition) is 1. The molecular formula is C15H19N3O2S. The monoisotopic (exact) mass is 305 g/mol. The number of para-hydroxylation sites is 1. The van der Waals surface area contributed by atoms with Crippen LogP contribution in [0.3, 0.4) is 0 Å². The number of fused-ring (bicyclic) bond motifs is 1. The first-order chi connectivity index (χ1) is 10.3. The third kappa shape index (κ3) is 3.39. The first-order valence-electron chi connectivity index (χ1n) is 7.20. The van der Waals surface area contributed by atoms with Gasteiger partial charge in [-0.15, -0.1) is 11.8 Å². The van der Waals surface area contributed by atoms with Crippen LogP contribution in [0.2, 0.25) is 0 Å². The minimum absolute atomic E-state index is 0.142. The van der Waals surface area contributed by atoms with Crippen molar-refractivity contribution in [1.29, 1.82) is 0 Å². The van der Waals surface area contributed by atoms with Crippen LogP contribution in [0.25, 0.3) is 0 Å². The van der Waals surface area contributed by atoms with Crippen molar-refractivity contribution in [2.45, 2.75) is 37.3 Å². The molecule has 0 radical (unpaired) electrons. The molecule has 0 saturated heterocycles. The van der Waals surface area contributed by atoms with Gasteiger partial charge >= 0.3 is 0 Å². The van der Waals surface area contributed by atoms with Crippen LogP contribution in [0.1, 0.15) is 31.7 Å². The predicted octanol–water partition coefficient (Wildman–Crippen LogP) is 2.84. The molecule has 2 atom stereocenters. The molecule has 0 saturated carbocycles. The van der Waals surface area contributed by atoms with Gasteiger partial charge in [-0.2, -0.15) is 4.98 Å². The zero-order valence-electron chi connectivity index (χ0n) is 12.2. The Kier molecular flexibility index (Phi) is 4.45. The summed E-state index contributed by atoms with van der Waals surface area (Å²) in [6.07, 6.45) is 0.592. The van der Waals surface area contributed by atoms with E-state index in [4.69, 9.17) is 9.26 Å². The Balaban J connectivity index is 1.67. The third-order valence-corrected chi connectivity index (χ3v) is 4.43. The summed E-state index contributed by atoms with van der Waals surface area (Å²) >= 11 is 1.76. The summed E-state index contributed by atoms with van der Waals surface area (Å²) in [5, 5.41) is 7.41. The molecule has 112 valence electrons. The number of nitrogens with one attached hydrogen (secondary N) is 1. The second-order valence-electron chi connectivity index (χ2n) is 5.07. The summed E-state index contributed by atoms with van der Waals surface area (Å²) in [7, 11) is 0. The number of ether oxygens (including phenoxy) is 1. The predicted molar refractivity (Wildman–Crippen MR) is 81.7 cm³/mol. The molecule has 2 aromatic rings. The number of aromatic nitrogens is 2. The molecule has 2 unspecified atom stereocenters. The molecule has 1 aliphatic heterocycles. The third-order valence-electron chi connectivity index (χ3n) is 3.31. The van der Waals surface area contributed by atoms with Crippen LogP contribution in [-0.4, -0.2) is 28.5 Å². The fraction of sp³-hybridized carbons (Fsp3) is 0.467. The topological polar surface area (TPSA) is 60.2 Å². The molecule has 2 heterocycles. The van der Waals surface area contributed by atoms with Gasteiger partial charge in [-0.25, -0.2) is 0 Å². The van der Waals surface area contributed by atoms with Crippen molar-refractivity contribution < 1.29 is 9.26 Å². The van der Waals surface area contributed by atoms with E-state index in [1.54, 1.807) is 11.8 Å². The fourth-order valence-corrected chi connectivity index (χ4v) is 3.29. The number of likely N-dealkylation sites (N-methyl/N-ethyl adjacent to an activating group) is 1. The van der Waals surface area contributed by atoms with E-state index in [9.17, 15) is 0 Å². The highest BCUT2D eigenvalue weighted by atomic mass is 32.2. The summed E-state index contributed by atoms with van der Waals surface area (Å²) in [6.45, 7) is 5.12. The van der Waals surface area contributed by atoms with Gasteiger partial charge in [0, 0.05) is 23.1 Å². The van der Waals surface area contributed by atoms with E-state index in [-0.39, 0.29) is 6.10 Å². The average molecular weight is 305 g/mol. The maximum atomic E-state index is 5.96. The second-order valence-corrected chi connectivity index (χ2v) is 6.14. The highest BCUT2D eigenvalue weighted by Crippen LogP contribution is 2.39. The largest absolute Gasteiger partial charge is 0.480 e. The minimum atomic E-state index is -0.142. The van der Waals surface area contributed by atoms with Crippen LogP contribution in [0.4, 0.5) is 0 Å². The van der Waals surface area contributed by atoms with Gasteiger partial charge in [0.25, 0.3) is 0 Å². The van der Waals surface area contributed by atoms with Crippen molar-refractivity contribution in [3.05, 3.63) is 36.0 Å². The number of rotatable bonds is 5. The van der Waals surface area contributed by atoms with Gasteiger partial charge in [0.1, 0.15) is 5.75 Å². The van der Waals surface area contributed by atoms with Crippen LogP contribution in [0.5, 0.6) is 5.75 Å². The van der Waals surface area contributed by atoms with Crippen molar-refractivity contribution in [2.75, 3.05) is 12.3 Å². The van der Waals surface area contributed by atoms with E-state index in [1.165, 1.54) is 4.90 Å². The zero-order valence-corrected chi connectivity index (χ0v) is 13.0. The van der Waals surface area contributed by atoms with Crippen LogP contribution in [0.15, 0.2) is 33.7 Å². The lowest BCUT2D eigenvalue weighted by atomic mass is 10.2. The molecule has 5 nitrogen and oxygen atoms in total. The fourth-order valence-electron chi connectivity index (χ4n) is 2.31. The molecule has 1 N–H and O–H groups in total. The molecule has 1 aromatic carbocycles. The van der Waals surface area contributed by atoms with Gasteiger partial charge in [0.15, 0.2) is 6.10 Å². The molecule has 0 aliphatic carbocycles. The highest BCUT2D eigenvalue weighted by Gasteiger charge is 2.26. The van der Waals surface area contributed by atoms with E-state index < -0.39 is 0 Å². The van der Waals surface area contributed by atoms with Crippen molar-refractivity contribution in [2.24, 2.45) is 0 Å². The Bertz CT molecular complexity index is 602. The Hall–Kier alpha value is -1.53. The van der Waals surface area contributed by atoms with E-state index in [0.717, 1.165) is 24.5 Å². The maximum Gasteiger partial charge on any atom is 0.228 e. The number of hydrogen-bond acceptors (Lipinski definition) is 6. The molecule has 6 heteroatoms. The molecule has 1 aromatic heterocycles. The standard InChI is InChI=1S/C15H19N3O2S/c1-3-16-10(2)8-14-17-15(18-20-14)12-9-21-13-7-5-4-6-11(13)19-12/h4-7,10,12,16H,3,8-9H2,1-2H3. The molecule has 3 rings (SSSR count). The number of benzene rings is 1. The molecule has 0 fully saturated rings. The van der Waals surface area contributed by atoms with Crippen LogP contribution < -0.4 is 10.1 Å². The van der Waals surface area contributed by atoms with Gasteiger partial charge < -0.3 is 14.6 Å². The number of nitrogens with zero attached hydrogens (tertiary/aromatic N) is 2. The van der Waals surface area contributed by atoms with E-state index >= 15 is 0 Å². The van der Waals surface area contributed by atoms with Crippen molar-refractivity contribution >= 4 is 11.8 Å². The Morgan fingerprint density at radius 3 is 3.14 bits per heavy atom. The molecular weight excluding hydrogens is 286 g/mol. The van der Waals surface area contributed by atoms with E-state index in [2.05, 4.69) is 35.4 Å². The normalized spacial score (nSPS) is 18.9. The second kappa shape index (κ2) is 6.49. The molecule has 1 aliphatic rings. The lowest BCUT2D eigenvalue weighted by Gasteiger charge is -2.22. The first kappa shape index (κ1) is 14.4. The van der Waals surface area contributed by atoms with Gasteiger partial charge in [-0.1, -0.05) is 24.2 Å². The minimum Gasteiger partial charge on any atom is -0.480 e. The van der Waals surface area contributed by atoms with Crippen LogP contribution in [-0.2, 0) is 6.42 Å². The molecule has 0 bridgehead atoms. The zero-order chi connectivity index (χ0) is 14.7. The Morgan fingerprint density at radius 1 is 1.43 bits per heavy atom. The maximum absolute atomic E-state index is 5.96. The average Bonchev–Trinajstić information content (AvgIpc) is 2.95. The Labute approximate surface area is 128 Å². The van der Waals surface area contributed by atoms with Crippen LogP contribution in [0, 0.1) is 0 Å². The van der Waals surface area contributed by atoms with E-state index in [1.807, 2.05) is 18.2 Å². The Morgan fingerprint density at radius 2 is 2.29 bits per heavy atom. The van der Waals surface area contributed by atoms with Gasteiger partial charge in [0.2, 0.25) is 11.7 Å². The van der Waals surface area contributed by atoms with E-state index in [0.29, 0.717) is 17.8 Å². The summed E-state index contributed by atoms with van der Waals surface area (Å²) in [6, 6.07) is 8.36. The SMILES string of the molecule is CCNC(C)Cc1nc(C2CSc3ccccc3O2)no1. The summed E-state index contributed by atoms with van der Waals surface area (Å²) in [5.41, 5.74) is 0. The van der Waals surface area contributed by atoms with Gasteiger partial charge in [-0.3, -0.25) is 0 Å². The lowest BCUT2D eigenvalue weighted by Crippen LogP contribution is -2.27. The lowest BCUT2D eigenvalue weighted by molar-refractivity contribution is 0.205. The molecule has 0 spiro atoms. The summed E-state index contributed by atoms with van der Waals surface area (Å²) < 4.78 is 11.3. The van der Waals surface area contributed by atoms with Crippen molar-refractivity contribution in [1.82, 2.24) is 15.5 Å². The quantitative estimate of drug-likeness (QED) is 0.916. The number of thioether (sulfide) groups is 1. The summed E-state index contributed by atoms with van der Waals surface area (Å²) in [4.78, 5) is 5.64. The van der Waals surface area contributed by atoms with Crippen LogP contribution >= 0.6 is 11.8 Å². The van der Waals surface area contributed by atoms with Gasteiger partial charge in [-0.05, 0) is 25.6 Å². The smallest absolute Gasteiger partial charge is 0.228 e. The van der Waals surface area contributed by atoms with Gasteiger partial charge in [0.05, 0.1) is 0 Å². The van der Waals surface area contributed by atoms with Crippen molar-refractivity contribution in [3.8, 4) is 5.75 Å².